The van der Waals surface area contributed by atoms with Crippen molar-refractivity contribution in [1.29, 1.82) is 0 Å². The van der Waals surface area contributed by atoms with Gasteiger partial charge in [-0.05, 0) is 48.2 Å². The van der Waals surface area contributed by atoms with Gasteiger partial charge < -0.3 is 0 Å². The number of hydrogen-bond donors (Lipinski definition) is 0. The monoisotopic (exact) mass is 344 g/mol. The van der Waals surface area contributed by atoms with E-state index in [1.54, 1.807) is 0 Å². The molecule has 0 nitrogen and oxygen atoms in total. The van der Waals surface area contributed by atoms with Gasteiger partial charge in [-0.1, -0.05) is 58.4 Å². The molecule has 0 aliphatic carbocycles. The summed E-state index contributed by atoms with van der Waals surface area (Å²) in [5.41, 5.74) is 2.78. The van der Waals surface area contributed by atoms with Gasteiger partial charge in [-0.15, -0.1) is 11.3 Å². The van der Waals surface area contributed by atoms with Crippen molar-refractivity contribution in [3.63, 3.8) is 0 Å². The molecule has 2 heteroatoms. The third kappa shape index (κ3) is 2.82. The first kappa shape index (κ1) is 13.8. The van der Waals surface area contributed by atoms with Crippen LogP contribution >= 0.6 is 27.3 Å². The summed E-state index contributed by atoms with van der Waals surface area (Å²) in [6.45, 7) is 4.38. The van der Waals surface area contributed by atoms with Crippen molar-refractivity contribution >= 4 is 38.0 Å². The number of benzene rings is 2. The van der Waals surface area contributed by atoms with Crippen LogP contribution in [-0.4, -0.2) is 0 Å². The molecule has 0 spiro atoms. The highest BCUT2D eigenvalue weighted by Gasteiger charge is 2.12. The van der Waals surface area contributed by atoms with Crippen LogP contribution in [0.5, 0.6) is 0 Å². The van der Waals surface area contributed by atoms with Gasteiger partial charge in [0.25, 0.3) is 0 Å². The Morgan fingerprint density at radius 1 is 1.00 bits per heavy atom. The van der Waals surface area contributed by atoms with Crippen LogP contribution in [0, 0.1) is 13.8 Å². The number of thiophene rings is 1. The van der Waals surface area contributed by atoms with E-state index in [9.17, 15) is 0 Å². The predicted octanol–water partition coefficient (Wildman–Crippen LogP) is 6.20. The smallest absolute Gasteiger partial charge is 0.0529 e. The van der Waals surface area contributed by atoms with Crippen molar-refractivity contribution in [2.45, 2.75) is 25.1 Å². The molecule has 0 fully saturated rings. The summed E-state index contributed by atoms with van der Waals surface area (Å²) < 4.78 is 0. The van der Waals surface area contributed by atoms with E-state index in [1.807, 2.05) is 11.3 Å². The lowest BCUT2D eigenvalue weighted by atomic mass is 10.0. The van der Waals surface area contributed by atoms with E-state index < -0.39 is 0 Å². The highest BCUT2D eigenvalue weighted by molar-refractivity contribution is 9.09. The van der Waals surface area contributed by atoms with Crippen molar-refractivity contribution in [2.24, 2.45) is 0 Å². The molecule has 1 atom stereocenters. The van der Waals surface area contributed by atoms with E-state index in [0.29, 0.717) is 4.83 Å². The molecule has 3 aromatic rings. The Hall–Kier alpha value is -1.12. The van der Waals surface area contributed by atoms with Crippen molar-refractivity contribution in [1.82, 2.24) is 0 Å². The summed E-state index contributed by atoms with van der Waals surface area (Å²) in [5, 5.41) is 2.63. The van der Waals surface area contributed by atoms with Crippen molar-refractivity contribution < 1.29 is 0 Å². The fraction of sp³-hybridized carbons (Fsp3) is 0.222. The van der Waals surface area contributed by atoms with Crippen LogP contribution in [0.25, 0.3) is 10.8 Å². The second kappa shape index (κ2) is 5.71. The van der Waals surface area contributed by atoms with E-state index in [0.717, 1.165) is 6.42 Å². The molecular formula is C18H17BrS. The van der Waals surface area contributed by atoms with E-state index >= 15 is 0 Å². The molecule has 0 saturated heterocycles. The minimum Gasteiger partial charge on any atom is -0.144 e. The molecule has 0 saturated carbocycles. The Bertz CT molecular complexity index is 723. The Morgan fingerprint density at radius 2 is 1.75 bits per heavy atom. The maximum atomic E-state index is 3.84. The quantitative estimate of drug-likeness (QED) is 0.496. The molecule has 1 heterocycles. The van der Waals surface area contributed by atoms with Crippen LogP contribution in [-0.2, 0) is 6.42 Å². The van der Waals surface area contributed by atoms with E-state index in [-0.39, 0.29) is 0 Å². The minimum absolute atomic E-state index is 0.404. The van der Waals surface area contributed by atoms with Crippen LogP contribution < -0.4 is 0 Å². The summed E-state index contributed by atoms with van der Waals surface area (Å²) in [5.74, 6) is 0. The van der Waals surface area contributed by atoms with Gasteiger partial charge in [-0.2, -0.15) is 0 Å². The minimum atomic E-state index is 0.404. The standard InChI is InChI=1S/C18H17BrS/c1-12-9-18(20-13(12)2)17(19)11-14-7-8-15-5-3-4-6-16(15)10-14/h3-10,17H,11H2,1-2H3. The lowest BCUT2D eigenvalue weighted by molar-refractivity contribution is 0.971. The molecule has 102 valence electrons. The van der Waals surface area contributed by atoms with Crippen LogP contribution in [0.3, 0.4) is 0 Å². The number of rotatable bonds is 3. The zero-order chi connectivity index (χ0) is 14.1. The molecule has 3 rings (SSSR count). The summed E-state index contributed by atoms with van der Waals surface area (Å²) in [6, 6.07) is 17.6. The molecule has 1 aromatic heterocycles. The first-order chi connectivity index (χ1) is 9.63. The molecule has 0 aliphatic rings. The molecule has 20 heavy (non-hydrogen) atoms. The Kier molecular flexibility index (Phi) is 3.95. The maximum Gasteiger partial charge on any atom is 0.0529 e. The van der Waals surface area contributed by atoms with Gasteiger partial charge in [0.1, 0.15) is 0 Å². The summed E-state index contributed by atoms with van der Waals surface area (Å²) in [4.78, 5) is 3.25. The summed E-state index contributed by atoms with van der Waals surface area (Å²) in [7, 11) is 0. The van der Waals surface area contributed by atoms with Gasteiger partial charge in [0.15, 0.2) is 0 Å². The maximum absolute atomic E-state index is 3.84. The number of fused-ring (bicyclic) bond motifs is 1. The zero-order valence-electron chi connectivity index (χ0n) is 11.7. The average Bonchev–Trinajstić information content (AvgIpc) is 2.79. The van der Waals surface area contributed by atoms with E-state index in [2.05, 4.69) is 78.3 Å². The number of alkyl halides is 1. The third-order valence-electron chi connectivity index (χ3n) is 3.72. The van der Waals surface area contributed by atoms with Gasteiger partial charge in [0.2, 0.25) is 0 Å². The lowest BCUT2D eigenvalue weighted by Crippen LogP contribution is -1.93. The van der Waals surface area contributed by atoms with Gasteiger partial charge >= 0.3 is 0 Å². The fourth-order valence-corrected chi connectivity index (χ4v) is 4.24. The second-order valence-corrected chi connectivity index (χ2v) is 7.63. The normalized spacial score (nSPS) is 12.8. The van der Waals surface area contributed by atoms with Crippen LogP contribution in [0.15, 0.2) is 48.5 Å². The Labute approximate surface area is 132 Å². The van der Waals surface area contributed by atoms with Gasteiger partial charge in [-0.25, -0.2) is 0 Å². The number of aryl methyl sites for hydroxylation is 2. The fourth-order valence-electron chi connectivity index (χ4n) is 2.43. The molecule has 0 aliphatic heterocycles. The van der Waals surface area contributed by atoms with Crippen LogP contribution in [0.1, 0.15) is 25.7 Å². The largest absolute Gasteiger partial charge is 0.144 e. The number of hydrogen-bond acceptors (Lipinski definition) is 1. The van der Waals surface area contributed by atoms with E-state index in [4.69, 9.17) is 0 Å². The van der Waals surface area contributed by atoms with Crippen molar-refractivity contribution in [2.75, 3.05) is 0 Å². The van der Waals surface area contributed by atoms with Crippen LogP contribution in [0.4, 0.5) is 0 Å². The van der Waals surface area contributed by atoms with E-state index in [1.165, 1.54) is 31.7 Å². The topological polar surface area (TPSA) is 0 Å². The predicted molar refractivity (Wildman–Crippen MR) is 93.1 cm³/mol. The van der Waals surface area contributed by atoms with Crippen LogP contribution in [0.2, 0.25) is 0 Å². The summed E-state index contributed by atoms with van der Waals surface area (Å²) >= 11 is 5.74. The molecule has 1 unspecified atom stereocenters. The molecule has 0 N–H and O–H groups in total. The lowest BCUT2D eigenvalue weighted by Gasteiger charge is -2.09. The Balaban J connectivity index is 1.85. The number of halogens is 1. The Morgan fingerprint density at radius 3 is 2.45 bits per heavy atom. The average molecular weight is 345 g/mol. The van der Waals surface area contributed by atoms with Gasteiger partial charge in [-0.3, -0.25) is 0 Å². The second-order valence-electron chi connectivity index (χ2n) is 5.24. The molecule has 2 aromatic carbocycles. The first-order valence-corrected chi connectivity index (χ1v) is 8.55. The van der Waals surface area contributed by atoms with Crippen molar-refractivity contribution in [3.8, 4) is 0 Å². The third-order valence-corrected chi connectivity index (χ3v) is 6.11. The summed E-state index contributed by atoms with van der Waals surface area (Å²) in [6.07, 6.45) is 1.03. The SMILES string of the molecule is Cc1cc(C(Br)Cc2ccc3ccccc3c2)sc1C. The molecule has 0 amide bonds. The van der Waals surface area contributed by atoms with Gasteiger partial charge in [0, 0.05) is 9.75 Å². The zero-order valence-corrected chi connectivity index (χ0v) is 14.1. The first-order valence-electron chi connectivity index (χ1n) is 6.82. The highest BCUT2D eigenvalue weighted by atomic mass is 79.9. The van der Waals surface area contributed by atoms with Crippen molar-refractivity contribution in [3.05, 3.63) is 69.4 Å². The molecule has 0 bridgehead atoms. The molecule has 0 radical (unpaired) electrons. The molecular weight excluding hydrogens is 328 g/mol. The highest BCUT2D eigenvalue weighted by Crippen LogP contribution is 2.34. The van der Waals surface area contributed by atoms with Gasteiger partial charge in [0.05, 0.1) is 4.83 Å².